The molecule has 2 saturated heterocycles. The van der Waals surface area contributed by atoms with Gasteiger partial charge in [0.05, 0.1) is 12.2 Å². The summed E-state index contributed by atoms with van der Waals surface area (Å²) in [5.41, 5.74) is 0.298. The van der Waals surface area contributed by atoms with Gasteiger partial charge in [-0.25, -0.2) is 13.5 Å². The Kier molecular flexibility index (Phi) is 3.25. The van der Waals surface area contributed by atoms with Crippen molar-refractivity contribution in [3.8, 4) is 5.69 Å². The SMILES string of the molecule is CC12CC(CNC(=O)c3ccn(-c4ccc(F)cc4F)n3)(CO1)C2. The van der Waals surface area contributed by atoms with Gasteiger partial charge in [-0.3, -0.25) is 4.79 Å². The molecule has 1 aromatic carbocycles. The molecule has 0 unspecified atom stereocenters. The van der Waals surface area contributed by atoms with E-state index in [1.807, 2.05) is 0 Å². The van der Waals surface area contributed by atoms with E-state index >= 15 is 0 Å². The largest absolute Gasteiger partial charge is 0.375 e. The maximum Gasteiger partial charge on any atom is 0.271 e. The van der Waals surface area contributed by atoms with Crippen molar-refractivity contribution in [1.29, 1.82) is 0 Å². The highest BCUT2D eigenvalue weighted by Crippen LogP contribution is 2.57. The van der Waals surface area contributed by atoms with Crippen LogP contribution >= 0.6 is 0 Å². The first-order valence-corrected chi connectivity index (χ1v) is 7.82. The number of hydrogen-bond donors (Lipinski definition) is 1. The molecule has 5 rings (SSSR count). The summed E-state index contributed by atoms with van der Waals surface area (Å²) in [5.74, 6) is -1.71. The van der Waals surface area contributed by atoms with Gasteiger partial charge in [0.1, 0.15) is 11.5 Å². The topological polar surface area (TPSA) is 56.2 Å². The first-order chi connectivity index (χ1) is 11.4. The Morgan fingerprint density at radius 2 is 2.17 bits per heavy atom. The first-order valence-electron chi connectivity index (χ1n) is 7.82. The number of carbonyl (C=O) groups is 1. The van der Waals surface area contributed by atoms with Gasteiger partial charge in [-0.15, -0.1) is 0 Å². The lowest BCUT2D eigenvalue weighted by Gasteiger charge is -2.42. The smallest absolute Gasteiger partial charge is 0.271 e. The monoisotopic (exact) mass is 333 g/mol. The van der Waals surface area contributed by atoms with Crippen LogP contribution in [0, 0.1) is 17.0 Å². The molecule has 1 amide bonds. The number of benzene rings is 1. The molecule has 3 fully saturated rings. The van der Waals surface area contributed by atoms with Crippen LogP contribution in [0.4, 0.5) is 8.78 Å². The average molecular weight is 333 g/mol. The predicted molar refractivity (Wildman–Crippen MR) is 81.8 cm³/mol. The lowest BCUT2D eigenvalue weighted by molar-refractivity contribution is 0.00357. The zero-order valence-electron chi connectivity index (χ0n) is 13.2. The van der Waals surface area contributed by atoms with Crippen molar-refractivity contribution in [3.63, 3.8) is 0 Å². The van der Waals surface area contributed by atoms with Crippen LogP contribution in [0.25, 0.3) is 5.69 Å². The van der Waals surface area contributed by atoms with E-state index in [9.17, 15) is 13.6 Å². The molecule has 0 radical (unpaired) electrons. The maximum atomic E-state index is 13.8. The van der Waals surface area contributed by atoms with Crippen molar-refractivity contribution < 1.29 is 18.3 Å². The van der Waals surface area contributed by atoms with Crippen molar-refractivity contribution in [2.45, 2.75) is 25.4 Å². The highest BCUT2D eigenvalue weighted by Gasteiger charge is 2.59. The molecule has 2 aromatic rings. The van der Waals surface area contributed by atoms with Gasteiger partial charge in [-0.2, -0.15) is 5.10 Å². The van der Waals surface area contributed by atoms with E-state index in [0.717, 1.165) is 25.0 Å². The van der Waals surface area contributed by atoms with E-state index in [2.05, 4.69) is 17.3 Å². The maximum absolute atomic E-state index is 13.8. The summed E-state index contributed by atoms with van der Waals surface area (Å²) in [4.78, 5) is 12.2. The molecule has 1 aromatic heterocycles. The second kappa shape index (κ2) is 5.11. The van der Waals surface area contributed by atoms with Crippen molar-refractivity contribution in [1.82, 2.24) is 15.1 Å². The van der Waals surface area contributed by atoms with Gasteiger partial charge in [0, 0.05) is 24.2 Å². The number of carbonyl (C=O) groups excluding carboxylic acids is 1. The Hall–Kier alpha value is -2.28. The van der Waals surface area contributed by atoms with E-state index in [1.165, 1.54) is 23.0 Å². The van der Waals surface area contributed by atoms with Crippen molar-refractivity contribution >= 4 is 5.91 Å². The van der Waals surface area contributed by atoms with Gasteiger partial charge in [-0.05, 0) is 38.0 Å². The molecular formula is C17H17F2N3O2. The van der Waals surface area contributed by atoms with Crippen LogP contribution < -0.4 is 5.32 Å². The number of nitrogens with zero attached hydrogens (tertiary/aromatic N) is 2. The van der Waals surface area contributed by atoms with Crippen molar-refractivity contribution in [2.75, 3.05) is 13.2 Å². The Morgan fingerprint density at radius 3 is 2.83 bits per heavy atom. The number of amides is 1. The molecule has 5 nitrogen and oxygen atoms in total. The zero-order chi connectivity index (χ0) is 16.9. The van der Waals surface area contributed by atoms with E-state index < -0.39 is 11.6 Å². The summed E-state index contributed by atoms with van der Waals surface area (Å²) in [7, 11) is 0. The third-order valence-corrected chi connectivity index (χ3v) is 4.83. The van der Waals surface area contributed by atoms with Crippen LogP contribution in [-0.4, -0.2) is 34.4 Å². The number of hydrogen-bond acceptors (Lipinski definition) is 3. The number of nitrogens with one attached hydrogen (secondary N) is 1. The number of fused-ring (bicyclic) bond motifs is 1. The fraction of sp³-hybridized carbons (Fsp3) is 0.412. The Balaban J connectivity index is 1.44. The summed E-state index contributed by atoms with van der Waals surface area (Å²) in [6.45, 7) is 3.29. The van der Waals surface area contributed by atoms with Crippen LogP contribution in [0.2, 0.25) is 0 Å². The van der Waals surface area contributed by atoms with Gasteiger partial charge in [0.15, 0.2) is 11.5 Å². The Morgan fingerprint density at radius 1 is 1.38 bits per heavy atom. The average Bonchev–Trinajstić information content (AvgIpc) is 3.18. The summed E-state index contributed by atoms with van der Waals surface area (Å²) in [6, 6.07) is 4.71. The van der Waals surface area contributed by atoms with Gasteiger partial charge < -0.3 is 10.1 Å². The molecule has 126 valence electrons. The predicted octanol–water partition coefficient (Wildman–Crippen LogP) is 2.45. The van der Waals surface area contributed by atoms with E-state index in [0.29, 0.717) is 13.2 Å². The highest BCUT2D eigenvalue weighted by atomic mass is 19.1. The Bertz CT molecular complexity index is 812. The molecule has 24 heavy (non-hydrogen) atoms. The molecule has 0 atom stereocenters. The Labute approximate surface area is 137 Å². The van der Waals surface area contributed by atoms with E-state index in [1.54, 1.807) is 0 Å². The summed E-state index contributed by atoms with van der Waals surface area (Å²) in [5, 5.41) is 6.95. The van der Waals surface area contributed by atoms with E-state index in [4.69, 9.17) is 4.74 Å². The quantitative estimate of drug-likeness (QED) is 0.935. The van der Waals surface area contributed by atoms with Crippen LogP contribution in [0.5, 0.6) is 0 Å². The van der Waals surface area contributed by atoms with Crippen molar-refractivity contribution in [3.05, 3.63) is 47.8 Å². The second-order valence-electron chi connectivity index (χ2n) is 7.02. The fourth-order valence-corrected chi connectivity index (χ4v) is 3.85. The molecule has 0 spiro atoms. The summed E-state index contributed by atoms with van der Waals surface area (Å²) >= 11 is 0. The normalized spacial score (nSPS) is 27.8. The van der Waals surface area contributed by atoms with Crippen LogP contribution in [-0.2, 0) is 4.74 Å². The van der Waals surface area contributed by atoms with Gasteiger partial charge >= 0.3 is 0 Å². The molecule has 2 aliphatic heterocycles. The number of aromatic nitrogens is 2. The fourth-order valence-electron chi connectivity index (χ4n) is 3.85. The third-order valence-electron chi connectivity index (χ3n) is 4.83. The summed E-state index contributed by atoms with van der Waals surface area (Å²) in [6.07, 6.45) is 3.38. The number of ether oxygens (including phenoxy) is 1. The third kappa shape index (κ3) is 2.49. The van der Waals surface area contributed by atoms with E-state index in [-0.39, 0.29) is 28.3 Å². The standard InChI is InChI=1S/C17H17F2N3O2/c1-16-7-17(8-16,10-24-16)9-20-15(23)13-4-5-22(21-13)14-3-2-11(18)6-12(14)19/h2-6H,7-10H2,1H3,(H,20,23). The molecule has 1 aliphatic carbocycles. The molecule has 3 aliphatic rings. The minimum absolute atomic E-state index is 0.0214. The molecular weight excluding hydrogens is 316 g/mol. The number of halogens is 2. The summed E-state index contributed by atoms with van der Waals surface area (Å²) < 4.78 is 33.7. The highest BCUT2D eigenvalue weighted by molar-refractivity contribution is 5.92. The molecule has 7 heteroatoms. The first kappa shape index (κ1) is 15.3. The lowest BCUT2D eigenvalue weighted by Crippen LogP contribution is -2.48. The molecule has 2 bridgehead atoms. The van der Waals surface area contributed by atoms with Crippen LogP contribution in [0.3, 0.4) is 0 Å². The minimum Gasteiger partial charge on any atom is -0.375 e. The van der Waals surface area contributed by atoms with Gasteiger partial charge in [-0.1, -0.05) is 0 Å². The van der Waals surface area contributed by atoms with Crippen LogP contribution in [0.15, 0.2) is 30.5 Å². The minimum atomic E-state index is -0.735. The molecule has 3 heterocycles. The number of rotatable bonds is 4. The second-order valence-corrected chi connectivity index (χ2v) is 7.02. The molecule has 1 N–H and O–H groups in total. The zero-order valence-corrected chi connectivity index (χ0v) is 13.2. The van der Waals surface area contributed by atoms with Gasteiger partial charge in [0.25, 0.3) is 5.91 Å². The van der Waals surface area contributed by atoms with Crippen LogP contribution in [0.1, 0.15) is 30.3 Å². The van der Waals surface area contributed by atoms with Crippen molar-refractivity contribution in [2.24, 2.45) is 5.41 Å². The molecule has 1 saturated carbocycles. The lowest BCUT2D eigenvalue weighted by atomic mass is 9.63. The van der Waals surface area contributed by atoms with Gasteiger partial charge in [0.2, 0.25) is 0 Å².